The van der Waals surface area contributed by atoms with E-state index >= 15 is 0 Å². The van der Waals surface area contributed by atoms with Crippen molar-refractivity contribution in [1.82, 2.24) is 14.8 Å². The molecule has 0 saturated carbocycles. The van der Waals surface area contributed by atoms with Crippen molar-refractivity contribution in [2.45, 2.75) is 5.16 Å². The van der Waals surface area contributed by atoms with E-state index in [1.807, 2.05) is 6.07 Å². The average molecular weight is 304 g/mol. The summed E-state index contributed by atoms with van der Waals surface area (Å²) in [6, 6.07) is 8.82. The zero-order chi connectivity index (χ0) is 15.2. The summed E-state index contributed by atoms with van der Waals surface area (Å²) in [5, 5.41) is 11.5. The third kappa shape index (κ3) is 3.97. The fraction of sp³-hybridized carbons (Fsp3) is 0.231. The molecular weight excluding hydrogens is 292 g/mol. The van der Waals surface area contributed by atoms with Crippen LogP contribution in [0.25, 0.3) is 0 Å². The largest absolute Gasteiger partial charge is 0.493 e. The van der Waals surface area contributed by atoms with Crippen LogP contribution in [0.2, 0.25) is 0 Å². The highest BCUT2D eigenvalue weighted by molar-refractivity contribution is 7.99. The summed E-state index contributed by atoms with van der Waals surface area (Å²) >= 11 is 1.30. The molecule has 0 spiro atoms. The zero-order valence-electron chi connectivity index (χ0n) is 11.2. The topological polar surface area (TPSA) is 101 Å². The van der Waals surface area contributed by atoms with Gasteiger partial charge in [-0.05, 0) is 24.3 Å². The SMILES string of the molecule is Cn1[nH]c(=O)c(=O)nc1SCCOc1ccc(C#N)cc1. The molecule has 2 rings (SSSR count). The third-order valence-electron chi connectivity index (χ3n) is 2.51. The lowest BCUT2D eigenvalue weighted by atomic mass is 10.2. The van der Waals surface area contributed by atoms with Crippen molar-refractivity contribution >= 4 is 11.8 Å². The Kier molecular flexibility index (Phi) is 4.79. The summed E-state index contributed by atoms with van der Waals surface area (Å²) in [5.74, 6) is 1.23. The molecule has 0 bridgehead atoms. The molecule has 8 heteroatoms. The maximum atomic E-state index is 11.2. The van der Waals surface area contributed by atoms with Crippen LogP contribution in [0, 0.1) is 11.3 Å². The summed E-state index contributed by atoms with van der Waals surface area (Å²) < 4.78 is 6.90. The number of hydrogen-bond acceptors (Lipinski definition) is 6. The van der Waals surface area contributed by atoms with E-state index in [1.165, 1.54) is 16.4 Å². The Morgan fingerprint density at radius 2 is 2.10 bits per heavy atom. The number of aromatic nitrogens is 3. The Morgan fingerprint density at radius 1 is 1.38 bits per heavy atom. The molecule has 1 aromatic carbocycles. The van der Waals surface area contributed by atoms with Crippen molar-refractivity contribution < 1.29 is 4.74 Å². The van der Waals surface area contributed by atoms with Gasteiger partial charge < -0.3 is 4.74 Å². The molecule has 7 nitrogen and oxygen atoms in total. The molecule has 0 fully saturated rings. The number of aryl methyl sites for hydroxylation is 1. The summed E-state index contributed by atoms with van der Waals surface area (Å²) in [6.07, 6.45) is 0. The zero-order valence-corrected chi connectivity index (χ0v) is 12.0. The van der Waals surface area contributed by atoms with E-state index < -0.39 is 11.1 Å². The van der Waals surface area contributed by atoms with Crippen molar-refractivity contribution in [3.05, 3.63) is 50.5 Å². The van der Waals surface area contributed by atoms with E-state index in [-0.39, 0.29) is 0 Å². The van der Waals surface area contributed by atoms with Gasteiger partial charge in [-0.3, -0.25) is 19.4 Å². The Hall–Kier alpha value is -2.53. The molecule has 0 saturated heterocycles. The number of ether oxygens (including phenoxy) is 1. The Morgan fingerprint density at radius 3 is 2.76 bits per heavy atom. The van der Waals surface area contributed by atoms with Crippen LogP contribution in [0.3, 0.4) is 0 Å². The lowest BCUT2D eigenvalue weighted by molar-refractivity contribution is 0.343. The first kappa shape index (κ1) is 14.9. The smallest absolute Gasteiger partial charge is 0.339 e. The van der Waals surface area contributed by atoms with Crippen LogP contribution in [0.5, 0.6) is 5.75 Å². The highest BCUT2D eigenvalue weighted by Crippen LogP contribution is 2.14. The van der Waals surface area contributed by atoms with Gasteiger partial charge in [-0.25, -0.2) is 0 Å². The molecule has 1 N–H and O–H groups in total. The lowest BCUT2D eigenvalue weighted by Crippen LogP contribution is -2.33. The normalized spacial score (nSPS) is 10.1. The van der Waals surface area contributed by atoms with Gasteiger partial charge in [0.2, 0.25) is 0 Å². The highest BCUT2D eigenvalue weighted by atomic mass is 32.2. The Labute approximate surface area is 124 Å². The lowest BCUT2D eigenvalue weighted by Gasteiger charge is -2.07. The van der Waals surface area contributed by atoms with E-state index in [9.17, 15) is 9.59 Å². The number of thioether (sulfide) groups is 1. The predicted octanol–water partition coefficient (Wildman–Crippen LogP) is 0.511. The quantitative estimate of drug-likeness (QED) is 0.491. The molecule has 0 atom stereocenters. The number of H-pyrrole nitrogens is 1. The van der Waals surface area contributed by atoms with Gasteiger partial charge in [0.05, 0.1) is 18.2 Å². The molecule has 0 aliphatic rings. The molecule has 1 heterocycles. The monoisotopic (exact) mass is 304 g/mol. The fourth-order valence-corrected chi connectivity index (χ4v) is 2.24. The van der Waals surface area contributed by atoms with Crippen LogP contribution in [0.4, 0.5) is 0 Å². The highest BCUT2D eigenvalue weighted by Gasteiger charge is 2.04. The minimum absolute atomic E-state index is 0.408. The number of nitrogens with zero attached hydrogens (tertiary/aromatic N) is 3. The number of nitriles is 1. The van der Waals surface area contributed by atoms with Gasteiger partial charge >= 0.3 is 11.1 Å². The first-order valence-corrected chi connectivity index (χ1v) is 7.02. The first-order valence-electron chi connectivity index (χ1n) is 6.03. The average Bonchev–Trinajstić information content (AvgIpc) is 2.49. The molecule has 0 aliphatic carbocycles. The molecule has 0 unspecified atom stereocenters. The predicted molar refractivity (Wildman–Crippen MR) is 77.5 cm³/mol. The molecule has 0 aliphatic heterocycles. The molecule has 2 aromatic rings. The van der Waals surface area contributed by atoms with Crippen LogP contribution in [0.1, 0.15) is 5.56 Å². The van der Waals surface area contributed by atoms with Crippen LogP contribution < -0.4 is 15.9 Å². The van der Waals surface area contributed by atoms with Crippen molar-refractivity contribution in [2.24, 2.45) is 7.05 Å². The van der Waals surface area contributed by atoms with Gasteiger partial charge in [-0.1, -0.05) is 11.8 Å². The number of aromatic amines is 1. The molecule has 108 valence electrons. The molecule has 1 aromatic heterocycles. The van der Waals surface area contributed by atoms with Gasteiger partial charge in [0.1, 0.15) is 5.75 Å². The van der Waals surface area contributed by atoms with Crippen molar-refractivity contribution in [2.75, 3.05) is 12.4 Å². The van der Waals surface area contributed by atoms with Crippen molar-refractivity contribution in [3.63, 3.8) is 0 Å². The number of nitrogens with one attached hydrogen (secondary N) is 1. The minimum atomic E-state index is -0.802. The minimum Gasteiger partial charge on any atom is -0.493 e. The number of benzene rings is 1. The van der Waals surface area contributed by atoms with E-state index in [1.54, 1.807) is 31.3 Å². The van der Waals surface area contributed by atoms with Gasteiger partial charge in [-0.15, -0.1) is 0 Å². The van der Waals surface area contributed by atoms with Crippen LogP contribution in [-0.4, -0.2) is 27.1 Å². The van der Waals surface area contributed by atoms with E-state index in [2.05, 4.69) is 10.1 Å². The van der Waals surface area contributed by atoms with Crippen LogP contribution >= 0.6 is 11.8 Å². The summed E-state index contributed by atoms with van der Waals surface area (Å²) in [4.78, 5) is 25.9. The second-order valence-electron chi connectivity index (χ2n) is 4.03. The molecule has 0 amide bonds. The number of hydrogen-bond donors (Lipinski definition) is 1. The summed E-state index contributed by atoms with van der Waals surface area (Å²) in [5.41, 5.74) is -0.969. The molecule has 0 radical (unpaired) electrons. The summed E-state index contributed by atoms with van der Waals surface area (Å²) in [6.45, 7) is 0.408. The van der Waals surface area contributed by atoms with Crippen molar-refractivity contribution in [3.8, 4) is 11.8 Å². The third-order valence-corrected chi connectivity index (χ3v) is 3.51. The second kappa shape index (κ2) is 6.76. The van der Waals surface area contributed by atoms with E-state index in [0.29, 0.717) is 28.8 Å². The van der Waals surface area contributed by atoms with E-state index in [4.69, 9.17) is 10.00 Å². The van der Waals surface area contributed by atoms with Crippen LogP contribution in [0.15, 0.2) is 39.0 Å². The fourth-order valence-electron chi connectivity index (χ4n) is 1.51. The van der Waals surface area contributed by atoms with Crippen molar-refractivity contribution in [1.29, 1.82) is 5.26 Å². The standard InChI is InChI=1S/C13H12N4O3S/c1-17-13(15-11(18)12(19)16-17)21-7-6-20-10-4-2-9(8-14)3-5-10/h2-5H,6-7H2,1H3,(H,16,19). The summed E-state index contributed by atoms with van der Waals surface area (Å²) in [7, 11) is 1.61. The molecular formula is C13H12N4O3S. The van der Waals surface area contributed by atoms with Gasteiger partial charge in [0.25, 0.3) is 0 Å². The molecule has 21 heavy (non-hydrogen) atoms. The number of rotatable bonds is 5. The Bertz CT molecular complexity index is 774. The second-order valence-corrected chi connectivity index (χ2v) is 5.09. The maximum Gasteiger partial charge on any atom is 0.339 e. The first-order chi connectivity index (χ1) is 10.1. The Balaban J connectivity index is 1.87. The van der Waals surface area contributed by atoms with Gasteiger partial charge in [-0.2, -0.15) is 10.2 Å². The van der Waals surface area contributed by atoms with Crippen LogP contribution in [-0.2, 0) is 7.05 Å². The maximum absolute atomic E-state index is 11.2. The van der Waals surface area contributed by atoms with Gasteiger partial charge in [0.15, 0.2) is 5.16 Å². The van der Waals surface area contributed by atoms with E-state index in [0.717, 1.165) is 0 Å². The van der Waals surface area contributed by atoms with Gasteiger partial charge in [0, 0.05) is 12.8 Å².